The molecule has 0 saturated carbocycles. The van der Waals surface area contributed by atoms with Crippen LogP contribution < -0.4 is 10.1 Å². The van der Waals surface area contributed by atoms with E-state index in [2.05, 4.69) is 5.32 Å². The zero-order valence-electron chi connectivity index (χ0n) is 15.5. The summed E-state index contributed by atoms with van der Waals surface area (Å²) in [5, 5.41) is 2.84. The highest BCUT2D eigenvalue weighted by molar-refractivity contribution is 7.89. The quantitative estimate of drug-likeness (QED) is 0.825. The summed E-state index contributed by atoms with van der Waals surface area (Å²) in [5.41, 5.74) is 2.67. The number of nitrogens with zero attached hydrogens (tertiary/aromatic N) is 1. The van der Waals surface area contributed by atoms with Crippen molar-refractivity contribution < 1.29 is 17.9 Å². The van der Waals surface area contributed by atoms with E-state index in [-0.39, 0.29) is 11.7 Å². The number of hydrogen-bond acceptors (Lipinski definition) is 4. The highest BCUT2D eigenvalue weighted by atomic mass is 32.2. The summed E-state index contributed by atoms with van der Waals surface area (Å²) in [7, 11) is -1.75. The van der Waals surface area contributed by atoms with Gasteiger partial charge in [-0.05, 0) is 55.2 Å². The largest absolute Gasteiger partial charge is 0.497 e. The molecule has 0 radical (unpaired) electrons. The number of benzene rings is 2. The molecule has 0 spiro atoms. The molecule has 1 N–H and O–H groups in total. The molecule has 1 fully saturated rings. The number of methoxy groups -OCH3 is 1. The van der Waals surface area contributed by atoms with Crippen molar-refractivity contribution in [2.24, 2.45) is 0 Å². The third-order valence-electron chi connectivity index (χ3n) is 4.78. The zero-order valence-corrected chi connectivity index (χ0v) is 16.3. The lowest BCUT2D eigenvalue weighted by Gasteiger charge is -2.22. The summed E-state index contributed by atoms with van der Waals surface area (Å²) < 4.78 is 30.9. The predicted molar refractivity (Wildman–Crippen MR) is 106 cm³/mol. The van der Waals surface area contributed by atoms with E-state index in [0.29, 0.717) is 25.1 Å². The van der Waals surface area contributed by atoms with Crippen molar-refractivity contribution in [1.82, 2.24) is 4.31 Å². The highest BCUT2D eigenvalue weighted by Crippen LogP contribution is 2.26. The Bertz CT molecular complexity index is 910. The average Bonchev–Trinajstić information content (AvgIpc) is 3.19. The Hall–Kier alpha value is -2.38. The van der Waals surface area contributed by atoms with Crippen LogP contribution >= 0.6 is 0 Å². The van der Waals surface area contributed by atoms with Gasteiger partial charge in [-0.1, -0.05) is 24.3 Å². The Kier molecular flexibility index (Phi) is 5.82. The van der Waals surface area contributed by atoms with Crippen LogP contribution in [-0.4, -0.2) is 44.1 Å². The lowest BCUT2D eigenvalue weighted by molar-refractivity contribution is -0.119. The Morgan fingerprint density at radius 3 is 2.59 bits per heavy atom. The summed E-state index contributed by atoms with van der Waals surface area (Å²) in [4.78, 5) is 12.6. The number of nitrogens with one attached hydrogen (secondary N) is 1. The standard InChI is InChI=1S/C20H24N2O4S/c1-3-27(24,25)22-13-5-8-19(22)20(23)21-17-11-9-15(10-12-17)16-6-4-7-18(14-16)26-2/h4,6-7,9-12,14,19H,3,5,8,13H2,1-2H3,(H,21,23). The molecule has 0 bridgehead atoms. The molecule has 1 unspecified atom stereocenters. The molecule has 2 aromatic rings. The lowest BCUT2D eigenvalue weighted by Crippen LogP contribution is -2.43. The van der Waals surface area contributed by atoms with Gasteiger partial charge in [-0.15, -0.1) is 0 Å². The minimum absolute atomic E-state index is 0.00597. The second kappa shape index (κ2) is 8.10. The van der Waals surface area contributed by atoms with Crippen molar-refractivity contribution in [2.45, 2.75) is 25.8 Å². The Balaban J connectivity index is 1.72. The van der Waals surface area contributed by atoms with E-state index in [9.17, 15) is 13.2 Å². The minimum Gasteiger partial charge on any atom is -0.497 e. The number of carbonyl (C=O) groups is 1. The van der Waals surface area contributed by atoms with Gasteiger partial charge in [-0.2, -0.15) is 4.31 Å². The van der Waals surface area contributed by atoms with Crippen LogP contribution in [0.15, 0.2) is 48.5 Å². The predicted octanol–water partition coefficient (Wildman–Crippen LogP) is 3.11. The molecular weight excluding hydrogens is 364 g/mol. The smallest absolute Gasteiger partial charge is 0.242 e. The van der Waals surface area contributed by atoms with Crippen molar-refractivity contribution in [1.29, 1.82) is 0 Å². The number of amides is 1. The maximum atomic E-state index is 12.6. The molecule has 7 heteroatoms. The minimum atomic E-state index is -3.37. The van der Waals surface area contributed by atoms with Crippen LogP contribution in [0.1, 0.15) is 19.8 Å². The molecule has 1 amide bonds. The van der Waals surface area contributed by atoms with Crippen LogP contribution in [0.2, 0.25) is 0 Å². The van der Waals surface area contributed by atoms with Gasteiger partial charge in [-0.25, -0.2) is 8.42 Å². The monoisotopic (exact) mass is 388 g/mol. The average molecular weight is 388 g/mol. The molecule has 6 nitrogen and oxygen atoms in total. The van der Waals surface area contributed by atoms with Crippen molar-refractivity contribution in [3.8, 4) is 16.9 Å². The summed E-state index contributed by atoms with van der Waals surface area (Å²) in [6.45, 7) is 2.00. The van der Waals surface area contributed by atoms with E-state index in [1.165, 1.54) is 4.31 Å². The topological polar surface area (TPSA) is 75.7 Å². The Morgan fingerprint density at radius 2 is 1.93 bits per heavy atom. The van der Waals surface area contributed by atoms with Crippen molar-refractivity contribution >= 4 is 21.6 Å². The molecule has 1 aliphatic heterocycles. The summed E-state index contributed by atoms with van der Waals surface area (Å²) >= 11 is 0. The van der Waals surface area contributed by atoms with Crippen LogP contribution in [0.25, 0.3) is 11.1 Å². The third kappa shape index (κ3) is 4.31. The highest BCUT2D eigenvalue weighted by Gasteiger charge is 2.37. The number of anilines is 1. The van der Waals surface area contributed by atoms with E-state index < -0.39 is 16.1 Å². The first-order valence-electron chi connectivity index (χ1n) is 8.99. The van der Waals surface area contributed by atoms with E-state index in [1.807, 2.05) is 48.5 Å². The zero-order chi connectivity index (χ0) is 19.4. The van der Waals surface area contributed by atoms with Crippen molar-refractivity contribution in [3.63, 3.8) is 0 Å². The molecular formula is C20H24N2O4S. The number of rotatable bonds is 6. The van der Waals surface area contributed by atoms with Gasteiger partial charge in [0.2, 0.25) is 15.9 Å². The fourth-order valence-electron chi connectivity index (χ4n) is 3.28. The van der Waals surface area contributed by atoms with E-state index >= 15 is 0 Å². The van der Waals surface area contributed by atoms with Gasteiger partial charge in [0.25, 0.3) is 0 Å². The van der Waals surface area contributed by atoms with Gasteiger partial charge < -0.3 is 10.1 Å². The first-order valence-corrected chi connectivity index (χ1v) is 10.6. The van der Waals surface area contributed by atoms with Crippen LogP contribution in [0.5, 0.6) is 5.75 Å². The number of ether oxygens (including phenoxy) is 1. The molecule has 1 heterocycles. The second-order valence-corrected chi connectivity index (χ2v) is 8.68. The van der Waals surface area contributed by atoms with E-state index in [0.717, 1.165) is 16.9 Å². The van der Waals surface area contributed by atoms with Crippen molar-refractivity contribution in [3.05, 3.63) is 48.5 Å². The number of sulfonamides is 1. The summed E-state index contributed by atoms with van der Waals surface area (Å²) in [6, 6.07) is 14.6. The number of carbonyl (C=O) groups excluding carboxylic acids is 1. The normalized spacial score (nSPS) is 17.6. The van der Waals surface area contributed by atoms with Crippen LogP contribution in [-0.2, 0) is 14.8 Å². The molecule has 1 saturated heterocycles. The maximum absolute atomic E-state index is 12.6. The summed E-state index contributed by atoms with van der Waals surface area (Å²) in [6.07, 6.45) is 1.25. The molecule has 144 valence electrons. The molecule has 27 heavy (non-hydrogen) atoms. The van der Waals surface area contributed by atoms with Crippen LogP contribution in [0, 0.1) is 0 Å². The molecule has 1 aliphatic rings. The van der Waals surface area contributed by atoms with Gasteiger partial charge in [0.1, 0.15) is 11.8 Å². The Labute approximate surface area is 160 Å². The molecule has 2 aromatic carbocycles. The molecule has 3 rings (SSSR count). The molecule has 0 aliphatic carbocycles. The first-order chi connectivity index (χ1) is 12.9. The SMILES string of the molecule is CCS(=O)(=O)N1CCCC1C(=O)Nc1ccc(-c2cccc(OC)c2)cc1. The van der Waals surface area contributed by atoms with Crippen molar-refractivity contribution in [2.75, 3.05) is 24.7 Å². The van der Waals surface area contributed by atoms with Gasteiger partial charge >= 0.3 is 0 Å². The Morgan fingerprint density at radius 1 is 1.19 bits per heavy atom. The van der Waals surface area contributed by atoms with Crippen LogP contribution in [0.3, 0.4) is 0 Å². The van der Waals surface area contributed by atoms with Gasteiger partial charge in [0.15, 0.2) is 0 Å². The van der Waals surface area contributed by atoms with Crippen LogP contribution in [0.4, 0.5) is 5.69 Å². The summed E-state index contributed by atoms with van der Waals surface area (Å²) in [5.74, 6) is 0.508. The lowest BCUT2D eigenvalue weighted by atomic mass is 10.1. The van der Waals surface area contributed by atoms with Gasteiger partial charge in [-0.3, -0.25) is 4.79 Å². The van der Waals surface area contributed by atoms with E-state index in [1.54, 1.807) is 14.0 Å². The maximum Gasteiger partial charge on any atom is 0.242 e. The fraction of sp³-hybridized carbons (Fsp3) is 0.350. The first kappa shape index (κ1) is 19.4. The third-order valence-corrected chi connectivity index (χ3v) is 6.67. The number of hydrogen-bond donors (Lipinski definition) is 1. The molecule has 1 atom stereocenters. The molecule has 0 aromatic heterocycles. The van der Waals surface area contributed by atoms with Gasteiger partial charge in [0, 0.05) is 12.2 Å². The second-order valence-electron chi connectivity index (χ2n) is 6.47. The fourth-order valence-corrected chi connectivity index (χ4v) is 4.60. The van der Waals surface area contributed by atoms with E-state index in [4.69, 9.17) is 4.74 Å². The van der Waals surface area contributed by atoms with Gasteiger partial charge in [0.05, 0.1) is 12.9 Å².